The molecule has 0 fully saturated rings. The molecule has 0 aliphatic heterocycles. The molecule has 3 nitrogen and oxygen atoms in total. The summed E-state index contributed by atoms with van der Waals surface area (Å²) in [6.07, 6.45) is 3.35. The zero-order chi connectivity index (χ0) is 22.5. The third kappa shape index (κ3) is 5.03. The molecule has 4 aromatic rings. The van der Waals surface area contributed by atoms with Gasteiger partial charge in [0.15, 0.2) is 0 Å². The van der Waals surface area contributed by atoms with Crippen molar-refractivity contribution < 1.29 is 9.18 Å². The minimum Gasteiger partial charge on any atom is -0.356 e. The second-order valence-electron chi connectivity index (χ2n) is 8.02. The summed E-state index contributed by atoms with van der Waals surface area (Å²) in [6, 6.07) is 22.5. The Morgan fingerprint density at radius 2 is 1.84 bits per heavy atom. The standard InChI is InChI=1S/C27H26ClFN2O/c1-2-14-30-27(32)16-24(20-6-5-7-21(28)15-20)25-18-31(26-9-4-3-8-23(25)26)17-19-10-12-22(29)13-11-19/h3-13,15,18,24H,2,14,16-17H2,1H3,(H,30,32)/t24-/m0/s1. The Morgan fingerprint density at radius 3 is 2.59 bits per heavy atom. The van der Waals surface area contributed by atoms with Gasteiger partial charge in [-0.05, 0) is 53.4 Å². The molecule has 164 valence electrons. The van der Waals surface area contributed by atoms with Crippen LogP contribution in [-0.2, 0) is 11.3 Å². The molecule has 0 saturated heterocycles. The van der Waals surface area contributed by atoms with Crippen LogP contribution in [-0.4, -0.2) is 17.0 Å². The van der Waals surface area contributed by atoms with Gasteiger partial charge >= 0.3 is 0 Å². The van der Waals surface area contributed by atoms with Crippen molar-refractivity contribution in [3.63, 3.8) is 0 Å². The third-order valence-electron chi connectivity index (χ3n) is 5.67. The topological polar surface area (TPSA) is 34.0 Å². The largest absolute Gasteiger partial charge is 0.356 e. The van der Waals surface area contributed by atoms with Crippen LogP contribution in [0.2, 0.25) is 5.02 Å². The monoisotopic (exact) mass is 448 g/mol. The quantitative estimate of drug-likeness (QED) is 0.326. The van der Waals surface area contributed by atoms with Crippen LogP contribution >= 0.6 is 11.6 Å². The molecule has 1 heterocycles. The van der Waals surface area contributed by atoms with Crippen molar-refractivity contribution in [1.29, 1.82) is 0 Å². The number of benzene rings is 3. The Hall–Kier alpha value is -3.11. The fraction of sp³-hybridized carbons (Fsp3) is 0.222. The number of aromatic nitrogens is 1. The average molecular weight is 449 g/mol. The predicted molar refractivity (Wildman–Crippen MR) is 129 cm³/mol. The van der Waals surface area contributed by atoms with Crippen LogP contribution in [0.3, 0.4) is 0 Å². The van der Waals surface area contributed by atoms with Crippen molar-refractivity contribution in [1.82, 2.24) is 9.88 Å². The van der Waals surface area contributed by atoms with Gasteiger partial charge in [0.1, 0.15) is 5.82 Å². The van der Waals surface area contributed by atoms with Gasteiger partial charge in [0.05, 0.1) is 0 Å². The number of rotatable bonds is 8. The van der Waals surface area contributed by atoms with E-state index in [1.54, 1.807) is 12.1 Å². The molecular formula is C27H26ClFN2O. The van der Waals surface area contributed by atoms with Crippen molar-refractivity contribution in [3.05, 3.63) is 107 Å². The first-order valence-corrected chi connectivity index (χ1v) is 11.3. The van der Waals surface area contributed by atoms with Crippen molar-refractivity contribution >= 4 is 28.4 Å². The summed E-state index contributed by atoms with van der Waals surface area (Å²) in [5.74, 6) is -0.358. The summed E-state index contributed by atoms with van der Waals surface area (Å²) in [4.78, 5) is 12.7. The SMILES string of the molecule is CCCNC(=O)C[C@@H](c1cccc(Cl)c1)c1cn(Cc2ccc(F)cc2)c2ccccc12. The van der Waals surface area contributed by atoms with E-state index in [0.29, 0.717) is 24.5 Å². The highest BCUT2D eigenvalue weighted by atomic mass is 35.5. The number of fused-ring (bicyclic) bond motifs is 1. The number of nitrogens with zero attached hydrogens (tertiary/aromatic N) is 1. The van der Waals surface area contributed by atoms with E-state index in [0.717, 1.165) is 34.0 Å². The van der Waals surface area contributed by atoms with Crippen molar-refractivity contribution in [3.8, 4) is 0 Å². The molecule has 1 amide bonds. The molecule has 5 heteroatoms. The highest BCUT2D eigenvalue weighted by molar-refractivity contribution is 6.30. The van der Waals surface area contributed by atoms with Crippen LogP contribution in [0.4, 0.5) is 4.39 Å². The van der Waals surface area contributed by atoms with Crippen molar-refractivity contribution in [2.45, 2.75) is 32.2 Å². The molecule has 0 bridgehead atoms. The van der Waals surface area contributed by atoms with Crippen LogP contribution in [0, 0.1) is 5.82 Å². The molecule has 32 heavy (non-hydrogen) atoms. The molecule has 0 unspecified atom stereocenters. The molecule has 0 radical (unpaired) electrons. The number of carbonyl (C=O) groups is 1. The van der Waals surface area contributed by atoms with Gasteiger partial charge in [-0.1, -0.05) is 61.0 Å². The van der Waals surface area contributed by atoms with Crippen LogP contribution < -0.4 is 5.32 Å². The first kappa shape index (κ1) is 22.1. The van der Waals surface area contributed by atoms with Gasteiger partial charge < -0.3 is 9.88 Å². The van der Waals surface area contributed by atoms with E-state index in [9.17, 15) is 9.18 Å². The Bertz CT molecular complexity index is 1220. The molecule has 1 aromatic heterocycles. The van der Waals surface area contributed by atoms with Gasteiger partial charge in [-0.25, -0.2) is 4.39 Å². The molecule has 0 spiro atoms. The fourth-order valence-electron chi connectivity index (χ4n) is 4.12. The third-order valence-corrected chi connectivity index (χ3v) is 5.91. The summed E-state index contributed by atoms with van der Waals surface area (Å²) in [6.45, 7) is 3.32. The van der Waals surface area contributed by atoms with Crippen molar-refractivity contribution in [2.75, 3.05) is 6.54 Å². The molecule has 1 N–H and O–H groups in total. The van der Waals surface area contributed by atoms with Gasteiger partial charge in [0.2, 0.25) is 5.91 Å². The number of amides is 1. The Balaban J connectivity index is 1.77. The fourth-order valence-corrected chi connectivity index (χ4v) is 4.32. The van der Waals surface area contributed by atoms with Crippen LogP contribution in [0.1, 0.15) is 42.4 Å². The van der Waals surface area contributed by atoms with Gasteiger partial charge in [-0.15, -0.1) is 0 Å². The maximum Gasteiger partial charge on any atom is 0.220 e. The molecule has 0 aliphatic carbocycles. The maximum atomic E-state index is 13.4. The van der Waals surface area contributed by atoms with Crippen LogP contribution in [0.15, 0.2) is 79.0 Å². The van der Waals surface area contributed by atoms with E-state index in [1.807, 2.05) is 43.3 Å². The number of halogens is 2. The zero-order valence-electron chi connectivity index (χ0n) is 18.0. The number of nitrogens with one attached hydrogen (secondary N) is 1. The Kier molecular flexibility index (Phi) is 6.91. The summed E-state index contributed by atoms with van der Waals surface area (Å²) in [7, 11) is 0. The first-order chi connectivity index (χ1) is 15.5. The summed E-state index contributed by atoms with van der Waals surface area (Å²) < 4.78 is 15.5. The van der Waals surface area contributed by atoms with Gasteiger partial charge in [-0.2, -0.15) is 0 Å². The number of para-hydroxylation sites is 1. The van der Waals surface area contributed by atoms with Crippen molar-refractivity contribution in [2.24, 2.45) is 0 Å². The molecule has 0 saturated carbocycles. The molecule has 1 atom stereocenters. The lowest BCUT2D eigenvalue weighted by Crippen LogP contribution is -2.26. The predicted octanol–water partition coefficient (Wildman–Crippen LogP) is 6.53. The lowest BCUT2D eigenvalue weighted by atomic mass is 9.88. The van der Waals surface area contributed by atoms with Gasteiger partial charge in [-0.3, -0.25) is 4.79 Å². The van der Waals surface area contributed by atoms with E-state index < -0.39 is 0 Å². The van der Waals surface area contributed by atoms with Gasteiger partial charge in [0.25, 0.3) is 0 Å². The minimum atomic E-state index is -0.245. The summed E-state index contributed by atoms with van der Waals surface area (Å²) in [5.41, 5.74) is 4.18. The second kappa shape index (κ2) is 10.0. The first-order valence-electron chi connectivity index (χ1n) is 10.9. The average Bonchev–Trinajstić information content (AvgIpc) is 3.16. The maximum absolute atomic E-state index is 13.4. The Morgan fingerprint density at radius 1 is 1.06 bits per heavy atom. The number of hydrogen-bond acceptors (Lipinski definition) is 1. The molecule has 4 rings (SSSR count). The highest BCUT2D eigenvalue weighted by Gasteiger charge is 2.23. The summed E-state index contributed by atoms with van der Waals surface area (Å²) >= 11 is 6.30. The van der Waals surface area contributed by atoms with E-state index in [4.69, 9.17) is 11.6 Å². The Labute approximate surface area is 192 Å². The number of hydrogen-bond donors (Lipinski definition) is 1. The van der Waals surface area contributed by atoms with E-state index >= 15 is 0 Å². The zero-order valence-corrected chi connectivity index (χ0v) is 18.8. The lowest BCUT2D eigenvalue weighted by Gasteiger charge is -2.17. The summed E-state index contributed by atoms with van der Waals surface area (Å²) in [5, 5.41) is 4.75. The molecular weight excluding hydrogens is 423 g/mol. The lowest BCUT2D eigenvalue weighted by molar-refractivity contribution is -0.121. The van der Waals surface area contributed by atoms with Crippen LogP contribution in [0.25, 0.3) is 10.9 Å². The minimum absolute atomic E-state index is 0.0205. The molecule has 3 aromatic carbocycles. The highest BCUT2D eigenvalue weighted by Crippen LogP contribution is 2.36. The number of carbonyl (C=O) groups excluding carboxylic acids is 1. The second-order valence-corrected chi connectivity index (χ2v) is 8.45. The van der Waals surface area contributed by atoms with Crippen LogP contribution in [0.5, 0.6) is 0 Å². The van der Waals surface area contributed by atoms with E-state index in [-0.39, 0.29) is 17.6 Å². The van der Waals surface area contributed by atoms with E-state index in [2.05, 4.69) is 28.2 Å². The smallest absolute Gasteiger partial charge is 0.220 e. The van der Waals surface area contributed by atoms with E-state index in [1.165, 1.54) is 12.1 Å². The molecule has 0 aliphatic rings. The van der Waals surface area contributed by atoms with Gasteiger partial charge in [0, 0.05) is 47.6 Å². The normalized spacial score (nSPS) is 12.1.